The summed E-state index contributed by atoms with van der Waals surface area (Å²) in [7, 11) is 3.76. The number of amides is 1. The Morgan fingerprint density at radius 2 is 1.70 bits per heavy atom. The number of benzene rings is 2. The van der Waals surface area contributed by atoms with Crippen molar-refractivity contribution in [3.63, 3.8) is 0 Å². The summed E-state index contributed by atoms with van der Waals surface area (Å²) in [5.41, 5.74) is 3.06. The second-order valence-corrected chi connectivity index (χ2v) is 6.80. The molecule has 0 saturated carbocycles. The van der Waals surface area contributed by atoms with Crippen LogP contribution in [0.4, 0.5) is 11.4 Å². The Kier molecular flexibility index (Phi) is 6.19. The molecule has 144 valence electrons. The molecule has 0 aromatic heterocycles. The van der Waals surface area contributed by atoms with Gasteiger partial charge in [0.1, 0.15) is 11.5 Å². The molecule has 1 saturated heterocycles. The fourth-order valence-electron chi connectivity index (χ4n) is 3.06. The molecule has 1 fully saturated rings. The lowest BCUT2D eigenvalue weighted by atomic mass is 10.1. The molecule has 6 nitrogen and oxygen atoms in total. The predicted octanol–water partition coefficient (Wildman–Crippen LogP) is 2.77. The summed E-state index contributed by atoms with van der Waals surface area (Å²) in [4.78, 5) is 16.9. The molecule has 0 aliphatic carbocycles. The molecular formula is C21H27N3O3. The van der Waals surface area contributed by atoms with E-state index in [9.17, 15) is 4.79 Å². The summed E-state index contributed by atoms with van der Waals surface area (Å²) in [6.45, 7) is 6.17. The lowest BCUT2D eigenvalue weighted by Crippen LogP contribution is -2.44. The fourth-order valence-corrected chi connectivity index (χ4v) is 3.06. The van der Waals surface area contributed by atoms with E-state index in [2.05, 4.69) is 34.3 Å². The number of aryl methyl sites for hydroxylation is 1. The van der Waals surface area contributed by atoms with Crippen molar-refractivity contribution in [3.05, 3.63) is 48.0 Å². The van der Waals surface area contributed by atoms with Gasteiger partial charge >= 0.3 is 0 Å². The number of hydrogen-bond donors (Lipinski definition) is 1. The van der Waals surface area contributed by atoms with Gasteiger partial charge in [-0.1, -0.05) is 0 Å². The average Bonchev–Trinajstić information content (AvgIpc) is 2.69. The molecule has 2 aromatic carbocycles. The zero-order chi connectivity index (χ0) is 19.2. The summed E-state index contributed by atoms with van der Waals surface area (Å²) >= 11 is 0. The van der Waals surface area contributed by atoms with Crippen LogP contribution in [0.2, 0.25) is 0 Å². The Balaban J connectivity index is 1.54. The lowest BCUT2D eigenvalue weighted by molar-refractivity contribution is -0.118. The van der Waals surface area contributed by atoms with Crippen LogP contribution in [-0.4, -0.2) is 57.8 Å². The number of anilines is 2. The molecule has 1 aliphatic heterocycles. The minimum Gasteiger partial charge on any atom is -0.497 e. The third-order valence-corrected chi connectivity index (χ3v) is 4.78. The number of ether oxygens (including phenoxy) is 2. The first-order valence-electron chi connectivity index (χ1n) is 9.16. The standard InChI is InChI=1S/C21H27N3O3/c1-16-14-17(24-12-10-23(2)11-13-24)4-9-20(16)22-21(25)15-27-19-7-5-18(26-3)6-8-19/h4-9,14H,10-13,15H2,1-3H3,(H,22,25). The first-order valence-corrected chi connectivity index (χ1v) is 9.16. The zero-order valence-corrected chi connectivity index (χ0v) is 16.2. The van der Waals surface area contributed by atoms with Crippen molar-refractivity contribution in [2.75, 3.05) is 57.2 Å². The molecule has 0 bridgehead atoms. The Morgan fingerprint density at radius 3 is 2.33 bits per heavy atom. The van der Waals surface area contributed by atoms with E-state index in [1.807, 2.05) is 13.0 Å². The maximum atomic E-state index is 12.2. The van der Waals surface area contributed by atoms with E-state index in [4.69, 9.17) is 9.47 Å². The number of nitrogens with zero attached hydrogens (tertiary/aromatic N) is 2. The van der Waals surface area contributed by atoms with Crippen LogP contribution >= 0.6 is 0 Å². The van der Waals surface area contributed by atoms with Crippen LogP contribution in [0.5, 0.6) is 11.5 Å². The van der Waals surface area contributed by atoms with Gasteiger partial charge in [0.2, 0.25) is 0 Å². The molecule has 2 aromatic rings. The summed E-state index contributed by atoms with van der Waals surface area (Å²) in [6, 6.07) is 13.3. The van der Waals surface area contributed by atoms with Crippen molar-refractivity contribution in [3.8, 4) is 11.5 Å². The van der Waals surface area contributed by atoms with Crippen molar-refractivity contribution in [2.24, 2.45) is 0 Å². The van der Waals surface area contributed by atoms with Crippen LogP contribution in [0.25, 0.3) is 0 Å². The quantitative estimate of drug-likeness (QED) is 0.849. The van der Waals surface area contributed by atoms with Crippen molar-refractivity contribution in [2.45, 2.75) is 6.92 Å². The van der Waals surface area contributed by atoms with Crippen molar-refractivity contribution >= 4 is 17.3 Å². The number of carbonyl (C=O) groups is 1. The molecule has 1 heterocycles. The predicted molar refractivity (Wildman–Crippen MR) is 108 cm³/mol. The van der Waals surface area contributed by atoms with Crippen LogP contribution in [0.1, 0.15) is 5.56 Å². The third-order valence-electron chi connectivity index (χ3n) is 4.78. The van der Waals surface area contributed by atoms with Crippen LogP contribution in [0.15, 0.2) is 42.5 Å². The molecule has 0 radical (unpaired) electrons. The molecule has 1 N–H and O–H groups in total. The monoisotopic (exact) mass is 369 g/mol. The first-order chi connectivity index (χ1) is 13.0. The van der Waals surface area contributed by atoms with Gasteiger partial charge in [-0.15, -0.1) is 0 Å². The maximum Gasteiger partial charge on any atom is 0.262 e. The van der Waals surface area contributed by atoms with Gasteiger partial charge in [0.15, 0.2) is 6.61 Å². The lowest BCUT2D eigenvalue weighted by Gasteiger charge is -2.34. The SMILES string of the molecule is COc1ccc(OCC(=O)Nc2ccc(N3CCN(C)CC3)cc2C)cc1. The third kappa shape index (κ3) is 5.14. The first kappa shape index (κ1) is 19.0. The number of nitrogens with one attached hydrogen (secondary N) is 1. The topological polar surface area (TPSA) is 54.0 Å². The summed E-state index contributed by atoms with van der Waals surface area (Å²) in [5.74, 6) is 1.21. The second kappa shape index (κ2) is 8.77. The van der Waals surface area contributed by atoms with Gasteiger partial charge in [0.25, 0.3) is 5.91 Å². The summed E-state index contributed by atoms with van der Waals surface area (Å²) in [5, 5.41) is 2.92. The number of methoxy groups -OCH3 is 1. The van der Waals surface area contributed by atoms with Gasteiger partial charge in [-0.25, -0.2) is 0 Å². The maximum absolute atomic E-state index is 12.2. The minimum atomic E-state index is -0.179. The van der Waals surface area contributed by atoms with Crippen molar-refractivity contribution in [1.82, 2.24) is 4.90 Å². The zero-order valence-electron chi connectivity index (χ0n) is 16.2. The Morgan fingerprint density at radius 1 is 1.04 bits per heavy atom. The highest BCUT2D eigenvalue weighted by molar-refractivity contribution is 5.92. The van der Waals surface area contributed by atoms with Gasteiger partial charge in [0, 0.05) is 37.6 Å². The molecule has 1 aliphatic rings. The number of likely N-dealkylation sites (N-methyl/N-ethyl adjacent to an activating group) is 1. The van der Waals surface area contributed by atoms with E-state index in [0.717, 1.165) is 43.2 Å². The van der Waals surface area contributed by atoms with E-state index < -0.39 is 0 Å². The molecular weight excluding hydrogens is 342 g/mol. The van der Waals surface area contributed by atoms with Gasteiger partial charge in [0.05, 0.1) is 7.11 Å². The molecule has 27 heavy (non-hydrogen) atoms. The number of rotatable bonds is 6. The van der Waals surface area contributed by atoms with Gasteiger partial charge < -0.3 is 24.6 Å². The minimum absolute atomic E-state index is 0.0357. The van der Waals surface area contributed by atoms with Gasteiger partial charge in [-0.3, -0.25) is 4.79 Å². The molecule has 6 heteroatoms. The van der Waals surface area contributed by atoms with Crippen LogP contribution in [0.3, 0.4) is 0 Å². The van der Waals surface area contributed by atoms with E-state index >= 15 is 0 Å². The van der Waals surface area contributed by atoms with Crippen LogP contribution in [-0.2, 0) is 4.79 Å². The van der Waals surface area contributed by atoms with Crippen LogP contribution in [0, 0.1) is 6.92 Å². The number of piperazine rings is 1. The highest BCUT2D eigenvalue weighted by Crippen LogP contribution is 2.24. The molecule has 0 atom stereocenters. The van der Waals surface area contributed by atoms with Crippen molar-refractivity contribution in [1.29, 1.82) is 0 Å². The van der Waals surface area contributed by atoms with E-state index in [0.29, 0.717) is 5.75 Å². The Hall–Kier alpha value is -2.73. The van der Waals surface area contributed by atoms with E-state index in [-0.39, 0.29) is 12.5 Å². The van der Waals surface area contributed by atoms with Gasteiger partial charge in [-0.2, -0.15) is 0 Å². The normalized spacial score (nSPS) is 14.7. The van der Waals surface area contributed by atoms with Crippen LogP contribution < -0.4 is 19.7 Å². The Labute approximate surface area is 160 Å². The number of hydrogen-bond acceptors (Lipinski definition) is 5. The largest absolute Gasteiger partial charge is 0.497 e. The van der Waals surface area contributed by atoms with E-state index in [1.165, 1.54) is 5.69 Å². The second-order valence-electron chi connectivity index (χ2n) is 6.80. The highest BCUT2D eigenvalue weighted by atomic mass is 16.5. The summed E-state index contributed by atoms with van der Waals surface area (Å²) < 4.78 is 10.6. The molecule has 0 unspecified atom stereocenters. The summed E-state index contributed by atoms with van der Waals surface area (Å²) in [6.07, 6.45) is 0. The molecule has 3 rings (SSSR count). The van der Waals surface area contributed by atoms with Gasteiger partial charge in [-0.05, 0) is 62.0 Å². The molecule has 1 amide bonds. The molecule has 0 spiro atoms. The highest BCUT2D eigenvalue weighted by Gasteiger charge is 2.15. The fraction of sp³-hybridized carbons (Fsp3) is 0.381. The smallest absolute Gasteiger partial charge is 0.262 e. The number of carbonyl (C=O) groups excluding carboxylic acids is 1. The van der Waals surface area contributed by atoms with Crippen molar-refractivity contribution < 1.29 is 14.3 Å². The average molecular weight is 369 g/mol. The van der Waals surface area contributed by atoms with E-state index in [1.54, 1.807) is 31.4 Å². The Bertz CT molecular complexity index is 769.